The van der Waals surface area contributed by atoms with E-state index < -0.39 is 29.4 Å². The van der Waals surface area contributed by atoms with Gasteiger partial charge in [-0.15, -0.1) is 0 Å². The van der Waals surface area contributed by atoms with Gasteiger partial charge in [0.1, 0.15) is 0 Å². The number of hydrogen-bond acceptors (Lipinski definition) is 10. The number of pyridine rings is 1. The van der Waals surface area contributed by atoms with Crippen LogP contribution in [-0.4, -0.2) is 61.2 Å². The maximum Gasteiger partial charge on any atom is 0.375 e. The molecular formula is C25H20N2O9. The summed E-state index contributed by atoms with van der Waals surface area (Å²) in [7, 11) is 3.51. The van der Waals surface area contributed by atoms with Crippen molar-refractivity contribution in [1.29, 1.82) is 0 Å². The first kappa shape index (κ1) is 24.3. The molecule has 0 fully saturated rings. The number of hydrogen-bond donors (Lipinski definition) is 0. The summed E-state index contributed by atoms with van der Waals surface area (Å²) < 4.78 is 20.5. The highest BCUT2D eigenvalue weighted by molar-refractivity contribution is 6.27. The Hall–Kier alpha value is -4.80. The fraction of sp³-hybridized carbons (Fsp3) is 0.200. The van der Waals surface area contributed by atoms with Crippen LogP contribution >= 0.6 is 0 Å². The molecule has 2 aromatic heterocycles. The summed E-state index contributed by atoms with van der Waals surface area (Å²) in [5, 5.41) is 1.07. The highest BCUT2D eigenvalue weighted by Gasteiger charge is 2.26. The largest absolute Gasteiger partial charge is 0.466 e. The lowest BCUT2D eigenvalue weighted by atomic mass is 9.93. The zero-order valence-corrected chi connectivity index (χ0v) is 19.7. The summed E-state index contributed by atoms with van der Waals surface area (Å²) in [6.45, 7) is 1.66. The molecule has 0 N–H and O–H groups in total. The topological polar surface area (TPSA) is 140 Å². The van der Waals surface area contributed by atoms with Crippen LogP contribution < -0.4 is 5.56 Å². The van der Waals surface area contributed by atoms with Crippen molar-refractivity contribution in [3.63, 3.8) is 0 Å². The Bertz CT molecular complexity index is 1650. The Balaban J connectivity index is 2.23. The fourth-order valence-electron chi connectivity index (χ4n) is 4.08. The Labute approximate surface area is 203 Å². The minimum absolute atomic E-state index is 0.0181. The summed E-state index contributed by atoms with van der Waals surface area (Å²) >= 11 is 0. The number of methoxy groups -OCH3 is 3. The van der Waals surface area contributed by atoms with Crippen molar-refractivity contribution in [3.05, 3.63) is 63.7 Å². The molecule has 4 rings (SSSR count). The van der Waals surface area contributed by atoms with Crippen LogP contribution in [0.2, 0.25) is 0 Å². The molecule has 2 heterocycles. The maximum atomic E-state index is 13.2. The van der Waals surface area contributed by atoms with Crippen LogP contribution in [0.3, 0.4) is 0 Å². The van der Waals surface area contributed by atoms with E-state index in [1.54, 1.807) is 19.1 Å². The third-order valence-corrected chi connectivity index (χ3v) is 5.59. The van der Waals surface area contributed by atoms with Crippen LogP contribution in [0, 0.1) is 0 Å². The van der Waals surface area contributed by atoms with E-state index in [1.807, 2.05) is 0 Å². The summed E-state index contributed by atoms with van der Waals surface area (Å²) in [5.41, 5.74) is -0.0748. The number of esters is 4. The van der Waals surface area contributed by atoms with Crippen LogP contribution in [-0.2, 0) is 28.5 Å². The van der Waals surface area contributed by atoms with E-state index in [0.29, 0.717) is 16.2 Å². The van der Waals surface area contributed by atoms with E-state index in [1.165, 1.54) is 33.5 Å². The number of rotatable bonds is 6. The van der Waals surface area contributed by atoms with Gasteiger partial charge in [0.05, 0.1) is 50.1 Å². The quantitative estimate of drug-likeness (QED) is 0.170. The lowest BCUT2D eigenvalue weighted by molar-refractivity contribution is -0.136. The Morgan fingerprint density at radius 3 is 2.28 bits per heavy atom. The number of carbonyl (C=O) groups is 4. The molecule has 0 aliphatic heterocycles. The van der Waals surface area contributed by atoms with Crippen molar-refractivity contribution in [2.24, 2.45) is 0 Å². The van der Waals surface area contributed by atoms with Gasteiger partial charge < -0.3 is 18.9 Å². The van der Waals surface area contributed by atoms with Crippen molar-refractivity contribution >= 4 is 56.6 Å². The summed E-state index contributed by atoms with van der Waals surface area (Å²) in [6.07, 6.45) is 0.988. The molecule has 0 spiro atoms. The number of ether oxygens (including phenoxy) is 4. The van der Waals surface area contributed by atoms with Crippen molar-refractivity contribution in [2.45, 2.75) is 6.92 Å². The molecule has 0 saturated heterocycles. The number of nitrogens with zero attached hydrogens (tertiary/aromatic N) is 2. The van der Waals surface area contributed by atoms with Crippen LogP contribution in [0.5, 0.6) is 0 Å². The molecular weight excluding hydrogens is 472 g/mol. The molecule has 0 atom stereocenters. The number of carbonyl (C=O) groups excluding carboxylic acids is 4. The summed E-state index contributed by atoms with van der Waals surface area (Å²) in [5.74, 6) is -3.46. The minimum atomic E-state index is -0.834. The molecule has 0 saturated carbocycles. The van der Waals surface area contributed by atoms with Crippen LogP contribution in [0.4, 0.5) is 0 Å². The second kappa shape index (κ2) is 9.45. The molecule has 11 heteroatoms. The second-order valence-corrected chi connectivity index (χ2v) is 7.47. The third kappa shape index (κ3) is 3.80. The van der Waals surface area contributed by atoms with Gasteiger partial charge >= 0.3 is 23.9 Å². The zero-order valence-electron chi connectivity index (χ0n) is 19.7. The smallest absolute Gasteiger partial charge is 0.375 e. The molecule has 0 bridgehead atoms. The van der Waals surface area contributed by atoms with E-state index in [2.05, 4.69) is 9.72 Å². The fourth-order valence-corrected chi connectivity index (χ4v) is 4.08. The first-order chi connectivity index (χ1) is 17.3. The Morgan fingerprint density at radius 2 is 1.64 bits per heavy atom. The van der Waals surface area contributed by atoms with Crippen molar-refractivity contribution in [2.75, 3.05) is 27.9 Å². The van der Waals surface area contributed by atoms with Crippen molar-refractivity contribution in [3.8, 4) is 0 Å². The summed E-state index contributed by atoms with van der Waals surface area (Å²) in [4.78, 5) is 67.3. The molecule has 11 nitrogen and oxygen atoms in total. The van der Waals surface area contributed by atoms with E-state index in [0.717, 1.165) is 16.5 Å². The maximum absolute atomic E-state index is 13.2. The minimum Gasteiger partial charge on any atom is -0.466 e. The van der Waals surface area contributed by atoms with Gasteiger partial charge in [0.25, 0.3) is 5.56 Å². The van der Waals surface area contributed by atoms with Gasteiger partial charge in [-0.2, -0.15) is 0 Å². The van der Waals surface area contributed by atoms with Crippen LogP contribution in [0.25, 0.3) is 32.8 Å². The van der Waals surface area contributed by atoms with E-state index >= 15 is 0 Å². The average Bonchev–Trinajstić information content (AvgIpc) is 2.89. The standard InChI is InChI=1S/C25H20N2O9/c1-5-36-25(32)22-26-17-9-8-12(16(24(31)35-4)11-19(29)33-2)13-6-7-14-15(23(30)34-3)10-18(28)27(22)21(14)20(13)17/h6-11H,5H2,1-4H3/b16-11-. The van der Waals surface area contributed by atoms with Gasteiger partial charge in [0.2, 0.25) is 5.82 Å². The lowest BCUT2D eigenvalue weighted by Gasteiger charge is -2.18. The lowest BCUT2D eigenvalue weighted by Crippen LogP contribution is -2.25. The van der Waals surface area contributed by atoms with Gasteiger partial charge in [-0.25, -0.2) is 24.2 Å². The number of aromatic nitrogens is 2. The molecule has 0 radical (unpaired) electrons. The SMILES string of the molecule is CCOC(=O)c1nc2ccc(/C(=C/C(=O)OC)C(=O)OC)c3ccc4c(C(=O)OC)cc(=O)n1c4c23. The van der Waals surface area contributed by atoms with Crippen LogP contribution in [0.1, 0.15) is 33.5 Å². The zero-order chi connectivity index (χ0) is 26.1. The van der Waals surface area contributed by atoms with Gasteiger partial charge in [-0.1, -0.05) is 18.2 Å². The molecule has 184 valence electrons. The summed E-state index contributed by atoms with van der Waals surface area (Å²) in [6, 6.07) is 7.26. The van der Waals surface area contributed by atoms with Crippen LogP contribution in [0.15, 0.2) is 41.2 Å². The molecule has 36 heavy (non-hydrogen) atoms. The monoisotopic (exact) mass is 492 g/mol. The van der Waals surface area contributed by atoms with E-state index in [4.69, 9.17) is 14.2 Å². The molecule has 0 unspecified atom stereocenters. The van der Waals surface area contributed by atoms with E-state index in [9.17, 15) is 24.0 Å². The predicted molar refractivity (Wildman–Crippen MR) is 127 cm³/mol. The van der Waals surface area contributed by atoms with Gasteiger partial charge in [0, 0.05) is 22.9 Å². The normalized spacial score (nSPS) is 11.6. The van der Waals surface area contributed by atoms with E-state index in [-0.39, 0.29) is 40.2 Å². The van der Waals surface area contributed by atoms with Crippen molar-refractivity contribution < 1.29 is 38.1 Å². The third-order valence-electron chi connectivity index (χ3n) is 5.59. The first-order valence-corrected chi connectivity index (χ1v) is 10.7. The molecule has 0 amide bonds. The molecule has 2 aromatic carbocycles. The first-order valence-electron chi connectivity index (χ1n) is 10.7. The average molecular weight is 492 g/mol. The van der Waals surface area contributed by atoms with Gasteiger partial charge in [-0.3, -0.25) is 9.20 Å². The van der Waals surface area contributed by atoms with Gasteiger partial charge in [0.15, 0.2) is 0 Å². The Kier molecular flexibility index (Phi) is 6.39. The highest BCUT2D eigenvalue weighted by atomic mass is 16.5. The molecule has 4 aromatic rings. The Morgan fingerprint density at radius 1 is 0.917 bits per heavy atom. The number of benzene rings is 2. The van der Waals surface area contributed by atoms with Gasteiger partial charge in [-0.05, 0) is 23.9 Å². The van der Waals surface area contributed by atoms with Crippen molar-refractivity contribution in [1.82, 2.24) is 9.38 Å². The predicted octanol–water partition coefficient (Wildman–Crippen LogP) is 2.13. The second-order valence-electron chi connectivity index (χ2n) is 7.47. The highest BCUT2D eigenvalue weighted by Crippen LogP contribution is 2.36. The molecule has 0 aliphatic rings. The molecule has 0 aliphatic carbocycles.